The molecule has 2 bridgehead atoms. The van der Waals surface area contributed by atoms with Gasteiger partial charge in [0.1, 0.15) is 6.17 Å². The van der Waals surface area contributed by atoms with Gasteiger partial charge in [0, 0.05) is 48.6 Å². The Bertz CT molecular complexity index is 3870. The van der Waals surface area contributed by atoms with Crippen molar-refractivity contribution in [3.63, 3.8) is 0 Å². The third-order valence-corrected chi connectivity index (χ3v) is 14.9. The first-order valence-corrected chi connectivity index (χ1v) is 22.2. The fraction of sp³-hybridized carbons (Fsp3) is 0.0702. The number of benzene rings is 10. The zero-order chi connectivity index (χ0) is 39.8. The first-order chi connectivity index (χ1) is 30.2. The molecule has 3 nitrogen and oxygen atoms in total. The lowest BCUT2D eigenvalue weighted by atomic mass is 9.79. The van der Waals surface area contributed by atoms with Gasteiger partial charge in [-0.1, -0.05) is 140 Å². The predicted molar refractivity (Wildman–Crippen MR) is 259 cm³/mol. The molecule has 3 atom stereocenters. The average molecular weight is 796 g/mol. The molecule has 0 amide bonds. The number of thiophene rings is 1. The molecule has 0 radical (unpaired) electrons. The van der Waals surface area contributed by atoms with Crippen LogP contribution in [0.25, 0.3) is 90.8 Å². The third kappa shape index (κ3) is 5.04. The van der Waals surface area contributed by atoms with E-state index in [-0.39, 0.29) is 18.1 Å². The van der Waals surface area contributed by atoms with Crippen molar-refractivity contribution in [1.82, 2.24) is 9.88 Å². The molecule has 4 heteroatoms. The Morgan fingerprint density at radius 3 is 2.05 bits per heavy atom. The van der Waals surface area contributed by atoms with Crippen LogP contribution in [0.2, 0.25) is 0 Å². The maximum Gasteiger partial charge on any atom is 0.126 e. The van der Waals surface area contributed by atoms with Crippen LogP contribution in [0.1, 0.15) is 34.5 Å². The van der Waals surface area contributed by atoms with Crippen LogP contribution in [-0.4, -0.2) is 10.3 Å². The highest BCUT2D eigenvalue weighted by molar-refractivity contribution is 7.25. The molecule has 10 aromatic carbocycles. The maximum atomic E-state index is 5.81. The van der Waals surface area contributed by atoms with E-state index >= 15 is 0 Å². The molecule has 0 aliphatic carbocycles. The Morgan fingerprint density at radius 1 is 0.475 bits per heavy atom. The summed E-state index contributed by atoms with van der Waals surface area (Å²) in [6.45, 7) is 0. The summed E-state index contributed by atoms with van der Waals surface area (Å²) in [5, 5.41) is 19.5. The van der Waals surface area contributed by atoms with Gasteiger partial charge in [0.25, 0.3) is 0 Å². The summed E-state index contributed by atoms with van der Waals surface area (Å²) in [5.41, 5.74) is 9.87. The van der Waals surface area contributed by atoms with Crippen molar-refractivity contribution in [1.29, 1.82) is 0 Å². The van der Waals surface area contributed by atoms with Gasteiger partial charge in [-0.05, 0) is 120 Å². The van der Waals surface area contributed by atoms with Crippen molar-refractivity contribution in [3.8, 4) is 5.69 Å². The highest BCUT2D eigenvalue weighted by atomic mass is 32.1. The molecule has 2 aliphatic rings. The van der Waals surface area contributed by atoms with Crippen LogP contribution >= 0.6 is 11.3 Å². The van der Waals surface area contributed by atoms with Crippen LogP contribution in [0.3, 0.4) is 0 Å². The second kappa shape index (κ2) is 12.7. The van der Waals surface area contributed by atoms with Gasteiger partial charge in [0.2, 0.25) is 0 Å². The molecule has 2 aromatic heterocycles. The minimum absolute atomic E-state index is 0.0527. The highest BCUT2D eigenvalue weighted by Crippen LogP contribution is 2.47. The molecule has 0 spiro atoms. The van der Waals surface area contributed by atoms with E-state index in [0.717, 1.165) is 12.1 Å². The topological polar surface area (TPSA) is 29.3 Å². The van der Waals surface area contributed by atoms with Crippen molar-refractivity contribution in [2.45, 2.75) is 18.6 Å². The first kappa shape index (κ1) is 33.7. The van der Waals surface area contributed by atoms with Crippen molar-refractivity contribution in [3.05, 3.63) is 210 Å². The fourth-order valence-electron chi connectivity index (χ4n) is 10.9. The molecule has 0 saturated heterocycles. The summed E-state index contributed by atoms with van der Waals surface area (Å²) in [5.74, 6) is 0.0570. The van der Waals surface area contributed by atoms with Crippen LogP contribution in [0, 0.1) is 5.92 Å². The van der Waals surface area contributed by atoms with E-state index in [9.17, 15) is 0 Å². The molecule has 2 aliphatic heterocycles. The molecular formula is C57H37N3S. The van der Waals surface area contributed by atoms with Gasteiger partial charge in [-0.3, -0.25) is 10.3 Å². The lowest BCUT2D eigenvalue weighted by Crippen LogP contribution is -2.42. The summed E-state index contributed by atoms with van der Waals surface area (Å²) in [7, 11) is 0. The number of nitrogens with zero attached hydrogens (tertiary/aromatic N) is 2. The molecule has 286 valence electrons. The van der Waals surface area contributed by atoms with Gasteiger partial charge in [-0.25, -0.2) is 0 Å². The predicted octanol–water partition coefficient (Wildman–Crippen LogP) is 14.8. The zero-order valence-corrected chi connectivity index (χ0v) is 34.0. The quantitative estimate of drug-likeness (QED) is 0.174. The number of hydrogen-bond donors (Lipinski definition) is 1. The number of fused-ring (bicyclic) bond motifs is 16. The molecule has 0 fully saturated rings. The number of aromatic nitrogens is 1. The summed E-state index contributed by atoms with van der Waals surface area (Å²) in [6.07, 6.45) is 0.585. The molecule has 0 saturated carbocycles. The number of aliphatic imine (C=N–C) groups is 1. The smallest absolute Gasteiger partial charge is 0.126 e. The van der Waals surface area contributed by atoms with E-state index in [4.69, 9.17) is 4.99 Å². The summed E-state index contributed by atoms with van der Waals surface area (Å²) >= 11 is 1.90. The van der Waals surface area contributed by atoms with E-state index in [2.05, 4.69) is 198 Å². The van der Waals surface area contributed by atoms with E-state index in [0.29, 0.717) is 0 Å². The first-order valence-electron chi connectivity index (χ1n) is 21.3. The van der Waals surface area contributed by atoms with E-state index in [1.165, 1.54) is 113 Å². The van der Waals surface area contributed by atoms with Gasteiger partial charge in [-0.15, -0.1) is 11.3 Å². The van der Waals surface area contributed by atoms with Crippen molar-refractivity contribution >= 4 is 102 Å². The number of rotatable bonds is 2. The monoisotopic (exact) mass is 795 g/mol. The van der Waals surface area contributed by atoms with Crippen molar-refractivity contribution in [2.24, 2.45) is 10.9 Å². The Balaban J connectivity index is 1.07. The van der Waals surface area contributed by atoms with Crippen LogP contribution in [0.15, 0.2) is 193 Å². The Labute approximate surface area is 355 Å². The average Bonchev–Trinajstić information content (AvgIpc) is 3.84. The minimum atomic E-state index is -0.265. The maximum absolute atomic E-state index is 5.81. The normalized spacial score (nSPS) is 17.6. The number of nitrogens with one attached hydrogen (secondary N) is 1. The van der Waals surface area contributed by atoms with E-state index in [1.54, 1.807) is 0 Å². The second-order valence-corrected chi connectivity index (χ2v) is 18.2. The van der Waals surface area contributed by atoms with Crippen molar-refractivity contribution < 1.29 is 0 Å². The van der Waals surface area contributed by atoms with E-state index < -0.39 is 0 Å². The SMILES string of the molecule is c1ccc2cc(C3=NC(c4ccc5c(ccc6ccccc65)c4)NC4c5cc6sc7ccccc7c6cc5-n5c6cc(ccc6c6cc7ccccc7cc65)CC34)ccc2c1. The molecule has 61 heavy (non-hydrogen) atoms. The van der Waals surface area contributed by atoms with Crippen LogP contribution in [-0.2, 0) is 6.42 Å². The standard InChI is InChI=1S/C57H37N3S/c1-2-11-36-27-40(21-18-34(36)9-1)55-49-25-33-17-23-44-46-29-37-12-3-4-13-38(37)30-51(46)60(50(44)26-33)52-31-47-45-15-7-8-16-53(45)61-54(47)32-48(52)56(49)59-57(58-55)41-22-24-43-39(28-41)20-19-35-10-5-6-14-42(35)43/h1-24,26-32,49,56-57,59H,25H2. The lowest BCUT2D eigenvalue weighted by Gasteiger charge is -2.38. The lowest BCUT2D eigenvalue weighted by molar-refractivity contribution is 0.362. The Kier molecular flexibility index (Phi) is 7.02. The van der Waals surface area contributed by atoms with Gasteiger partial charge in [-0.2, -0.15) is 0 Å². The summed E-state index contributed by atoms with van der Waals surface area (Å²) in [6, 6.07) is 70.6. The molecule has 4 heterocycles. The molecule has 3 unspecified atom stereocenters. The van der Waals surface area contributed by atoms with Gasteiger partial charge < -0.3 is 4.57 Å². The van der Waals surface area contributed by atoms with Crippen LogP contribution in [0.4, 0.5) is 0 Å². The number of hydrogen-bond acceptors (Lipinski definition) is 3. The molecule has 12 aromatic rings. The van der Waals surface area contributed by atoms with Crippen molar-refractivity contribution in [2.75, 3.05) is 0 Å². The van der Waals surface area contributed by atoms with Crippen LogP contribution < -0.4 is 5.32 Å². The second-order valence-electron chi connectivity index (χ2n) is 17.1. The Morgan fingerprint density at radius 2 is 1.16 bits per heavy atom. The largest absolute Gasteiger partial charge is 0.309 e. The van der Waals surface area contributed by atoms with Gasteiger partial charge in [0.05, 0.1) is 16.7 Å². The fourth-order valence-corrected chi connectivity index (χ4v) is 12.0. The molecular weight excluding hydrogens is 759 g/mol. The van der Waals surface area contributed by atoms with Crippen LogP contribution in [0.5, 0.6) is 0 Å². The zero-order valence-electron chi connectivity index (χ0n) is 33.1. The third-order valence-electron chi connectivity index (χ3n) is 13.7. The van der Waals surface area contributed by atoms with Gasteiger partial charge >= 0.3 is 0 Å². The Hall–Kier alpha value is -7.11. The highest BCUT2D eigenvalue weighted by Gasteiger charge is 2.38. The molecule has 14 rings (SSSR count). The summed E-state index contributed by atoms with van der Waals surface area (Å²) < 4.78 is 5.22. The van der Waals surface area contributed by atoms with E-state index in [1.807, 2.05) is 11.3 Å². The minimum Gasteiger partial charge on any atom is -0.309 e. The molecule has 1 N–H and O–H groups in total. The van der Waals surface area contributed by atoms with Gasteiger partial charge in [0.15, 0.2) is 0 Å². The summed E-state index contributed by atoms with van der Waals surface area (Å²) in [4.78, 5) is 5.81.